The summed E-state index contributed by atoms with van der Waals surface area (Å²) in [4.78, 5) is 6.17. The summed E-state index contributed by atoms with van der Waals surface area (Å²) in [5.41, 5.74) is 6.34. The molecule has 0 atom stereocenters. The van der Waals surface area contributed by atoms with E-state index in [1.54, 1.807) is 18.4 Å². The molecule has 6 heteroatoms. The molecule has 27 heavy (non-hydrogen) atoms. The first-order valence-corrected chi connectivity index (χ1v) is 9.67. The lowest BCUT2D eigenvalue weighted by Crippen LogP contribution is -1.98. The molecule has 1 aromatic carbocycles. The van der Waals surface area contributed by atoms with Gasteiger partial charge in [0.15, 0.2) is 5.13 Å². The Labute approximate surface area is 162 Å². The number of hydrogen-bond acceptors (Lipinski definition) is 5. The molecule has 138 valence electrons. The van der Waals surface area contributed by atoms with E-state index in [0.29, 0.717) is 0 Å². The maximum absolute atomic E-state index is 5.26. The minimum Gasteiger partial charge on any atom is -0.497 e. The highest BCUT2D eigenvalue weighted by molar-refractivity contribution is 7.14. The molecule has 5 nitrogen and oxygen atoms in total. The Morgan fingerprint density at radius 1 is 0.852 bits per heavy atom. The number of nitrogens with zero attached hydrogens (tertiary/aromatic N) is 4. The Balaban J connectivity index is 1.90. The molecule has 0 N–H and O–H groups in total. The number of ether oxygens (including phenoxy) is 1. The number of hydrogen-bond donors (Lipinski definition) is 0. The molecule has 3 aromatic heterocycles. The van der Waals surface area contributed by atoms with Crippen LogP contribution in [-0.2, 0) is 0 Å². The van der Waals surface area contributed by atoms with Crippen LogP contribution in [0.15, 0.2) is 24.3 Å². The van der Waals surface area contributed by atoms with Crippen molar-refractivity contribution in [2.45, 2.75) is 34.6 Å². The summed E-state index contributed by atoms with van der Waals surface area (Å²) in [7, 11) is 1.68. The van der Waals surface area contributed by atoms with Gasteiger partial charge in [0.05, 0.1) is 24.2 Å². The number of aryl methyl sites for hydroxylation is 5. The summed E-state index contributed by atoms with van der Waals surface area (Å²) in [6, 6.07) is 8.05. The second-order valence-electron chi connectivity index (χ2n) is 6.76. The predicted molar refractivity (Wildman–Crippen MR) is 110 cm³/mol. The standard InChI is InChI=1S/C21H22N4OS/c1-11-18-13(3)25(14(4)19(18)12(2)24-23-11)21-22-20(15(5)27-21)16-7-9-17(26-6)10-8-16/h7-10H,1-6H3. The van der Waals surface area contributed by atoms with Gasteiger partial charge in [-0.1, -0.05) is 0 Å². The molecule has 0 radical (unpaired) electrons. The third-order valence-corrected chi connectivity index (χ3v) is 6.01. The average molecular weight is 379 g/mol. The molecular formula is C21H22N4OS. The van der Waals surface area contributed by atoms with Crippen LogP contribution in [-0.4, -0.2) is 26.9 Å². The molecule has 0 bridgehead atoms. The van der Waals surface area contributed by atoms with Crippen LogP contribution in [0.5, 0.6) is 5.75 Å². The van der Waals surface area contributed by atoms with Gasteiger partial charge >= 0.3 is 0 Å². The lowest BCUT2D eigenvalue weighted by Gasteiger charge is -2.05. The van der Waals surface area contributed by atoms with E-state index in [9.17, 15) is 0 Å². The van der Waals surface area contributed by atoms with Gasteiger partial charge < -0.3 is 4.74 Å². The smallest absolute Gasteiger partial charge is 0.194 e. The van der Waals surface area contributed by atoms with Gasteiger partial charge in [-0.2, -0.15) is 10.2 Å². The van der Waals surface area contributed by atoms with Gasteiger partial charge in [-0.3, -0.25) is 4.57 Å². The highest BCUT2D eigenvalue weighted by Crippen LogP contribution is 2.36. The van der Waals surface area contributed by atoms with Crippen LogP contribution >= 0.6 is 11.3 Å². The second kappa shape index (κ2) is 6.46. The van der Waals surface area contributed by atoms with Crippen molar-refractivity contribution in [2.75, 3.05) is 7.11 Å². The van der Waals surface area contributed by atoms with Crippen molar-refractivity contribution in [1.82, 2.24) is 19.7 Å². The molecule has 0 aliphatic carbocycles. The quantitative estimate of drug-likeness (QED) is 0.498. The Hall–Kier alpha value is -2.73. The SMILES string of the molecule is COc1ccc(-c2nc(-n3c(C)c4c(C)nnc(C)c4c3C)sc2C)cc1. The molecule has 0 spiro atoms. The predicted octanol–water partition coefficient (Wildman–Crippen LogP) is 5.09. The molecule has 0 aliphatic rings. The third-order valence-electron chi connectivity index (χ3n) is 5.06. The number of fused-ring (bicyclic) bond motifs is 1. The summed E-state index contributed by atoms with van der Waals surface area (Å²) < 4.78 is 7.50. The zero-order valence-corrected chi connectivity index (χ0v) is 17.2. The fourth-order valence-electron chi connectivity index (χ4n) is 3.75. The Kier molecular flexibility index (Phi) is 4.23. The number of aromatic nitrogens is 4. The number of thiazole rings is 1. The molecule has 0 saturated heterocycles. The maximum atomic E-state index is 5.26. The third kappa shape index (κ3) is 2.72. The summed E-state index contributed by atoms with van der Waals surface area (Å²) in [6.07, 6.45) is 0. The molecule has 0 amide bonds. The van der Waals surface area contributed by atoms with Crippen molar-refractivity contribution < 1.29 is 4.74 Å². The second-order valence-corrected chi connectivity index (χ2v) is 7.94. The maximum Gasteiger partial charge on any atom is 0.194 e. The van der Waals surface area contributed by atoms with Crippen LogP contribution in [0.25, 0.3) is 27.2 Å². The van der Waals surface area contributed by atoms with Crippen molar-refractivity contribution in [3.8, 4) is 22.1 Å². The van der Waals surface area contributed by atoms with Crippen LogP contribution in [0.3, 0.4) is 0 Å². The van der Waals surface area contributed by atoms with E-state index in [0.717, 1.165) is 44.9 Å². The van der Waals surface area contributed by atoms with E-state index in [1.807, 2.05) is 26.0 Å². The van der Waals surface area contributed by atoms with Crippen LogP contribution in [0, 0.1) is 34.6 Å². The lowest BCUT2D eigenvalue weighted by molar-refractivity contribution is 0.415. The van der Waals surface area contributed by atoms with E-state index >= 15 is 0 Å². The van der Waals surface area contributed by atoms with Gasteiger partial charge in [0.2, 0.25) is 0 Å². The van der Waals surface area contributed by atoms with E-state index in [-0.39, 0.29) is 0 Å². The van der Waals surface area contributed by atoms with E-state index in [1.165, 1.54) is 15.6 Å². The minimum atomic E-state index is 0.848. The van der Waals surface area contributed by atoms with Crippen LogP contribution in [0.2, 0.25) is 0 Å². The van der Waals surface area contributed by atoms with Crippen LogP contribution in [0.1, 0.15) is 27.7 Å². The summed E-state index contributed by atoms with van der Waals surface area (Å²) >= 11 is 1.71. The monoisotopic (exact) mass is 378 g/mol. The molecule has 0 fully saturated rings. The summed E-state index contributed by atoms with van der Waals surface area (Å²) in [6.45, 7) is 10.4. The van der Waals surface area contributed by atoms with Crippen LogP contribution < -0.4 is 4.74 Å². The van der Waals surface area contributed by atoms with Gasteiger partial charge in [0.1, 0.15) is 5.75 Å². The Morgan fingerprint density at radius 2 is 1.41 bits per heavy atom. The van der Waals surface area contributed by atoms with Gasteiger partial charge in [-0.15, -0.1) is 11.3 Å². The zero-order valence-electron chi connectivity index (χ0n) is 16.4. The van der Waals surface area contributed by atoms with Crippen molar-refractivity contribution in [3.05, 3.63) is 51.9 Å². The fraction of sp³-hybridized carbons (Fsp3) is 0.286. The largest absolute Gasteiger partial charge is 0.497 e. The normalized spacial score (nSPS) is 11.3. The van der Waals surface area contributed by atoms with Crippen LogP contribution in [0.4, 0.5) is 0 Å². The molecule has 4 aromatic rings. The van der Waals surface area contributed by atoms with E-state index < -0.39 is 0 Å². The fourth-order valence-corrected chi connectivity index (χ4v) is 4.79. The molecule has 0 aliphatic heterocycles. The van der Waals surface area contributed by atoms with E-state index in [4.69, 9.17) is 9.72 Å². The van der Waals surface area contributed by atoms with Gasteiger partial charge in [-0.25, -0.2) is 4.98 Å². The lowest BCUT2D eigenvalue weighted by atomic mass is 10.1. The minimum absolute atomic E-state index is 0.848. The highest BCUT2D eigenvalue weighted by atomic mass is 32.1. The number of rotatable bonds is 3. The molecule has 4 rings (SSSR count). The van der Waals surface area contributed by atoms with Crippen molar-refractivity contribution >= 4 is 22.1 Å². The van der Waals surface area contributed by atoms with Gasteiger partial charge in [0.25, 0.3) is 0 Å². The number of methoxy groups -OCH3 is 1. The first-order chi connectivity index (χ1) is 12.9. The van der Waals surface area contributed by atoms with Crippen molar-refractivity contribution in [1.29, 1.82) is 0 Å². The first kappa shape index (κ1) is 17.7. The highest BCUT2D eigenvalue weighted by Gasteiger charge is 2.20. The number of benzene rings is 1. The van der Waals surface area contributed by atoms with Crippen molar-refractivity contribution in [2.24, 2.45) is 0 Å². The van der Waals surface area contributed by atoms with Crippen molar-refractivity contribution in [3.63, 3.8) is 0 Å². The Morgan fingerprint density at radius 3 is 1.93 bits per heavy atom. The molecular weight excluding hydrogens is 356 g/mol. The zero-order chi connectivity index (χ0) is 19.3. The summed E-state index contributed by atoms with van der Waals surface area (Å²) in [5.74, 6) is 0.848. The average Bonchev–Trinajstić information content (AvgIpc) is 3.16. The summed E-state index contributed by atoms with van der Waals surface area (Å²) in [5, 5.41) is 12.0. The topological polar surface area (TPSA) is 52.8 Å². The Bertz CT molecular complexity index is 1110. The molecule has 0 unspecified atom stereocenters. The molecule has 0 saturated carbocycles. The first-order valence-electron chi connectivity index (χ1n) is 8.86. The van der Waals surface area contributed by atoms with Gasteiger partial charge in [-0.05, 0) is 58.9 Å². The van der Waals surface area contributed by atoms with E-state index in [2.05, 4.69) is 47.7 Å². The molecule has 3 heterocycles. The van der Waals surface area contributed by atoms with Gasteiger partial charge in [0, 0.05) is 32.6 Å².